The second-order valence-corrected chi connectivity index (χ2v) is 4.51. The zero-order chi connectivity index (χ0) is 13.5. The van der Waals surface area contributed by atoms with Crippen LogP contribution in [-0.2, 0) is 0 Å². The molecule has 94 valence electrons. The van der Waals surface area contributed by atoms with E-state index < -0.39 is 0 Å². The minimum Gasteiger partial charge on any atom is -0.294 e. The molecule has 0 aliphatic rings. The lowest BCUT2D eigenvalue weighted by Crippen LogP contribution is -1.99. The molecule has 0 unspecified atom stereocenters. The number of benzene rings is 1. The fourth-order valence-corrected chi connectivity index (χ4v) is 1.73. The number of Topliss-reactive ketones (excluding diaryl/α,β-unsaturated/α-hetero) is 1. The Balaban J connectivity index is 2.68. The van der Waals surface area contributed by atoms with Gasteiger partial charge in [-0.1, -0.05) is 60.2 Å². The molecule has 0 fully saturated rings. The van der Waals surface area contributed by atoms with Crippen LogP contribution in [0.5, 0.6) is 0 Å². The van der Waals surface area contributed by atoms with E-state index in [0.29, 0.717) is 6.42 Å². The van der Waals surface area contributed by atoms with Crippen LogP contribution in [0.4, 0.5) is 0 Å². The van der Waals surface area contributed by atoms with Gasteiger partial charge in [0.2, 0.25) is 0 Å². The number of rotatable bonds is 5. The molecule has 1 nitrogen and oxygen atoms in total. The third-order valence-corrected chi connectivity index (χ3v) is 2.62. The lowest BCUT2D eigenvalue weighted by Gasteiger charge is -2.02. The van der Waals surface area contributed by atoms with Gasteiger partial charge in [-0.25, -0.2) is 0 Å². The highest BCUT2D eigenvalue weighted by atomic mass is 16.1. The molecule has 1 heteroatoms. The largest absolute Gasteiger partial charge is 0.294 e. The SMILES string of the molecule is C=C(/C=C(C)\C=C/C)CC(=O)c1ccc(C)cc1. The lowest BCUT2D eigenvalue weighted by atomic mass is 10.0. The molecule has 0 radical (unpaired) electrons. The Labute approximate surface area is 110 Å². The second kappa shape index (κ2) is 6.75. The first-order chi connectivity index (χ1) is 8.52. The smallest absolute Gasteiger partial charge is 0.167 e. The van der Waals surface area contributed by atoms with Crippen molar-refractivity contribution in [2.75, 3.05) is 0 Å². The van der Waals surface area contributed by atoms with Crippen LogP contribution in [0, 0.1) is 6.92 Å². The molecule has 0 aliphatic heterocycles. The maximum absolute atomic E-state index is 12.0. The Morgan fingerprint density at radius 2 is 1.89 bits per heavy atom. The zero-order valence-corrected chi connectivity index (χ0v) is 11.4. The first-order valence-corrected chi connectivity index (χ1v) is 6.11. The Hall–Kier alpha value is -1.89. The minimum atomic E-state index is 0.115. The summed E-state index contributed by atoms with van der Waals surface area (Å²) in [5.41, 5.74) is 3.86. The van der Waals surface area contributed by atoms with Gasteiger partial charge in [0.15, 0.2) is 5.78 Å². The fraction of sp³-hybridized carbons (Fsp3) is 0.235. The number of carbonyl (C=O) groups is 1. The van der Waals surface area contributed by atoms with E-state index in [9.17, 15) is 4.79 Å². The van der Waals surface area contributed by atoms with Crippen molar-refractivity contribution in [3.63, 3.8) is 0 Å². The van der Waals surface area contributed by atoms with E-state index in [1.807, 2.05) is 63.3 Å². The number of ketones is 1. The number of hydrogen-bond donors (Lipinski definition) is 0. The Bertz CT molecular complexity index is 487. The maximum Gasteiger partial charge on any atom is 0.167 e. The summed E-state index contributed by atoms with van der Waals surface area (Å²) >= 11 is 0. The summed E-state index contributed by atoms with van der Waals surface area (Å²) in [6, 6.07) is 7.65. The van der Waals surface area contributed by atoms with E-state index in [1.165, 1.54) is 0 Å². The minimum absolute atomic E-state index is 0.115. The summed E-state index contributed by atoms with van der Waals surface area (Å²) in [6.07, 6.45) is 6.30. The molecule has 1 aromatic carbocycles. The van der Waals surface area contributed by atoms with Crippen molar-refractivity contribution in [3.8, 4) is 0 Å². The summed E-state index contributed by atoms with van der Waals surface area (Å²) in [6.45, 7) is 9.91. The summed E-state index contributed by atoms with van der Waals surface area (Å²) in [5.74, 6) is 0.115. The van der Waals surface area contributed by atoms with Crippen molar-refractivity contribution in [3.05, 3.63) is 71.3 Å². The van der Waals surface area contributed by atoms with Gasteiger partial charge in [0.25, 0.3) is 0 Å². The molecule has 1 aromatic rings. The Morgan fingerprint density at radius 1 is 1.28 bits per heavy atom. The zero-order valence-electron chi connectivity index (χ0n) is 11.4. The van der Waals surface area contributed by atoms with Gasteiger partial charge in [-0.05, 0) is 26.3 Å². The molecule has 1 rings (SSSR count). The first-order valence-electron chi connectivity index (χ1n) is 6.11. The highest BCUT2D eigenvalue weighted by molar-refractivity contribution is 5.97. The molecule has 0 aliphatic carbocycles. The molecule has 0 aromatic heterocycles. The molecule has 18 heavy (non-hydrogen) atoms. The van der Waals surface area contributed by atoms with Gasteiger partial charge in [0.05, 0.1) is 0 Å². The first kappa shape index (κ1) is 14.2. The van der Waals surface area contributed by atoms with E-state index in [2.05, 4.69) is 6.58 Å². The quantitative estimate of drug-likeness (QED) is 0.541. The summed E-state index contributed by atoms with van der Waals surface area (Å²) in [4.78, 5) is 12.0. The van der Waals surface area contributed by atoms with Crippen LogP contribution in [0.1, 0.15) is 36.2 Å². The van der Waals surface area contributed by atoms with Gasteiger partial charge >= 0.3 is 0 Å². The predicted octanol–water partition coefficient (Wildman–Crippen LogP) is 4.65. The normalized spacial score (nSPS) is 11.8. The van der Waals surface area contributed by atoms with E-state index in [0.717, 1.165) is 22.3 Å². The molecule has 0 amide bonds. The third-order valence-electron chi connectivity index (χ3n) is 2.62. The summed E-state index contributed by atoms with van der Waals surface area (Å²) < 4.78 is 0. The molecule has 0 saturated carbocycles. The van der Waals surface area contributed by atoms with Crippen LogP contribution >= 0.6 is 0 Å². The second-order valence-electron chi connectivity index (χ2n) is 4.51. The summed E-state index contributed by atoms with van der Waals surface area (Å²) in [5, 5.41) is 0. The van der Waals surface area contributed by atoms with Crippen molar-refractivity contribution in [2.24, 2.45) is 0 Å². The third kappa shape index (κ3) is 4.54. The topological polar surface area (TPSA) is 17.1 Å². The molecule has 0 heterocycles. The van der Waals surface area contributed by atoms with Gasteiger partial charge in [-0.3, -0.25) is 4.79 Å². The van der Waals surface area contributed by atoms with E-state index in [-0.39, 0.29) is 5.78 Å². The van der Waals surface area contributed by atoms with E-state index >= 15 is 0 Å². The van der Waals surface area contributed by atoms with Crippen molar-refractivity contribution in [2.45, 2.75) is 27.2 Å². The monoisotopic (exact) mass is 240 g/mol. The van der Waals surface area contributed by atoms with Gasteiger partial charge in [-0.15, -0.1) is 0 Å². The molecule has 0 atom stereocenters. The van der Waals surface area contributed by atoms with Crippen molar-refractivity contribution in [1.82, 2.24) is 0 Å². The van der Waals surface area contributed by atoms with Crippen LogP contribution in [0.2, 0.25) is 0 Å². The van der Waals surface area contributed by atoms with Crippen LogP contribution in [0.15, 0.2) is 60.2 Å². The molecule has 0 spiro atoms. The van der Waals surface area contributed by atoms with Crippen LogP contribution in [-0.4, -0.2) is 5.78 Å². The van der Waals surface area contributed by atoms with Gasteiger partial charge in [0.1, 0.15) is 0 Å². The Morgan fingerprint density at radius 3 is 2.44 bits per heavy atom. The van der Waals surface area contributed by atoms with E-state index in [4.69, 9.17) is 0 Å². The van der Waals surface area contributed by atoms with Gasteiger partial charge in [0, 0.05) is 12.0 Å². The molecule has 0 N–H and O–H groups in total. The van der Waals surface area contributed by atoms with Gasteiger partial charge < -0.3 is 0 Å². The van der Waals surface area contributed by atoms with E-state index in [1.54, 1.807) is 0 Å². The molecular weight excluding hydrogens is 220 g/mol. The van der Waals surface area contributed by atoms with Crippen LogP contribution in [0.25, 0.3) is 0 Å². The average Bonchev–Trinajstić information content (AvgIpc) is 2.29. The number of allylic oxidation sites excluding steroid dienone is 5. The lowest BCUT2D eigenvalue weighted by molar-refractivity contribution is 0.0994. The predicted molar refractivity (Wildman–Crippen MR) is 77.8 cm³/mol. The van der Waals surface area contributed by atoms with Crippen molar-refractivity contribution < 1.29 is 4.79 Å². The fourth-order valence-electron chi connectivity index (χ4n) is 1.73. The molecule has 0 bridgehead atoms. The van der Waals surface area contributed by atoms with Crippen LogP contribution in [0.3, 0.4) is 0 Å². The highest BCUT2D eigenvalue weighted by Gasteiger charge is 2.06. The average molecular weight is 240 g/mol. The standard InChI is InChI=1S/C17H20O/c1-5-6-14(3)11-15(4)12-17(18)16-9-7-13(2)8-10-16/h5-11H,4,12H2,1-3H3/b6-5-,14-11-. The summed E-state index contributed by atoms with van der Waals surface area (Å²) in [7, 11) is 0. The number of carbonyl (C=O) groups excluding carboxylic acids is 1. The number of hydrogen-bond acceptors (Lipinski definition) is 1. The van der Waals surface area contributed by atoms with Crippen molar-refractivity contribution in [1.29, 1.82) is 0 Å². The molecule has 0 saturated heterocycles. The van der Waals surface area contributed by atoms with Crippen LogP contribution < -0.4 is 0 Å². The van der Waals surface area contributed by atoms with Crippen molar-refractivity contribution >= 4 is 5.78 Å². The number of aryl methyl sites for hydroxylation is 1. The highest BCUT2D eigenvalue weighted by Crippen LogP contribution is 2.12. The Kier molecular flexibility index (Phi) is 5.31. The maximum atomic E-state index is 12.0. The molecular formula is C17H20O. The van der Waals surface area contributed by atoms with Gasteiger partial charge in [-0.2, -0.15) is 0 Å².